The summed E-state index contributed by atoms with van der Waals surface area (Å²) in [5, 5.41) is 3.28. The van der Waals surface area contributed by atoms with Crippen molar-refractivity contribution in [2.24, 2.45) is 5.73 Å². The van der Waals surface area contributed by atoms with Crippen LogP contribution in [0.1, 0.15) is 6.92 Å². The summed E-state index contributed by atoms with van der Waals surface area (Å²) in [5.74, 6) is 0.554. The van der Waals surface area contributed by atoms with Crippen LogP contribution in [0.3, 0.4) is 0 Å². The van der Waals surface area contributed by atoms with E-state index in [0.29, 0.717) is 5.95 Å². The molecule has 2 aromatic heterocycles. The van der Waals surface area contributed by atoms with Crippen LogP contribution in [0.25, 0.3) is 11.3 Å². The standard InChI is InChI=1S/C16H17N5/c1-16(17)8-3-2-6-14(16)21-15-19-10-7-13(20-15)12-5-4-9-18-11-12/h2-11,14H,17H2,1H3,(H,19,20,21). The topological polar surface area (TPSA) is 76.7 Å². The van der Waals surface area contributed by atoms with Crippen molar-refractivity contribution in [1.29, 1.82) is 0 Å². The summed E-state index contributed by atoms with van der Waals surface area (Å²) >= 11 is 0. The first-order chi connectivity index (χ1) is 10.1. The summed E-state index contributed by atoms with van der Waals surface area (Å²) in [6, 6.07) is 5.66. The highest BCUT2D eigenvalue weighted by molar-refractivity contribution is 5.58. The van der Waals surface area contributed by atoms with Gasteiger partial charge in [-0.1, -0.05) is 24.3 Å². The van der Waals surface area contributed by atoms with Crippen LogP contribution in [0.2, 0.25) is 0 Å². The van der Waals surface area contributed by atoms with E-state index in [1.165, 1.54) is 0 Å². The van der Waals surface area contributed by atoms with Gasteiger partial charge in [0.1, 0.15) is 0 Å². The van der Waals surface area contributed by atoms with Gasteiger partial charge in [0.25, 0.3) is 0 Å². The average Bonchev–Trinajstić information content (AvgIpc) is 2.51. The van der Waals surface area contributed by atoms with Crippen LogP contribution in [0, 0.1) is 0 Å². The first-order valence-corrected chi connectivity index (χ1v) is 6.80. The lowest BCUT2D eigenvalue weighted by Crippen LogP contribution is -2.50. The van der Waals surface area contributed by atoms with Crippen molar-refractivity contribution in [2.75, 3.05) is 5.32 Å². The smallest absolute Gasteiger partial charge is 0.223 e. The molecule has 3 rings (SSSR count). The van der Waals surface area contributed by atoms with Crippen LogP contribution in [0.15, 0.2) is 61.1 Å². The molecule has 0 radical (unpaired) electrons. The van der Waals surface area contributed by atoms with Crippen molar-refractivity contribution in [3.05, 3.63) is 61.1 Å². The minimum Gasteiger partial charge on any atom is -0.346 e. The van der Waals surface area contributed by atoms with Crippen LogP contribution in [0.4, 0.5) is 5.95 Å². The summed E-state index contributed by atoms with van der Waals surface area (Å²) in [4.78, 5) is 12.9. The molecular weight excluding hydrogens is 262 g/mol. The highest BCUT2D eigenvalue weighted by Gasteiger charge is 2.27. The Morgan fingerprint density at radius 1 is 1.24 bits per heavy atom. The predicted molar refractivity (Wildman–Crippen MR) is 83.5 cm³/mol. The second-order valence-electron chi connectivity index (χ2n) is 5.24. The van der Waals surface area contributed by atoms with Crippen molar-refractivity contribution >= 4 is 5.95 Å². The molecule has 0 aromatic carbocycles. The molecule has 1 aliphatic carbocycles. The normalized spacial score (nSPS) is 24.0. The third-order valence-electron chi connectivity index (χ3n) is 3.44. The van der Waals surface area contributed by atoms with E-state index >= 15 is 0 Å². The van der Waals surface area contributed by atoms with E-state index in [1.807, 2.05) is 49.4 Å². The maximum absolute atomic E-state index is 6.25. The molecule has 3 N–H and O–H groups in total. The Morgan fingerprint density at radius 3 is 2.90 bits per heavy atom. The third-order valence-corrected chi connectivity index (χ3v) is 3.44. The lowest BCUT2D eigenvalue weighted by atomic mass is 9.89. The van der Waals surface area contributed by atoms with E-state index in [2.05, 4.69) is 20.3 Å². The van der Waals surface area contributed by atoms with Crippen LogP contribution < -0.4 is 11.1 Å². The SMILES string of the molecule is CC1(N)C=CC=CC1Nc1nccc(-c2cccnc2)n1. The number of rotatable bonds is 3. The van der Waals surface area contributed by atoms with Crippen LogP contribution in [-0.2, 0) is 0 Å². The minimum atomic E-state index is -0.470. The van der Waals surface area contributed by atoms with Crippen LogP contribution in [0.5, 0.6) is 0 Å². The number of allylic oxidation sites excluding steroid dienone is 2. The van der Waals surface area contributed by atoms with Gasteiger partial charge in [-0.2, -0.15) is 0 Å². The van der Waals surface area contributed by atoms with E-state index in [1.54, 1.807) is 18.6 Å². The maximum atomic E-state index is 6.25. The zero-order chi connectivity index (χ0) is 14.7. The van der Waals surface area contributed by atoms with Crippen molar-refractivity contribution < 1.29 is 0 Å². The Hall–Kier alpha value is -2.53. The summed E-state index contributed by atoms with van der Waals surface area (Å²) in [6.07, 6.45) is 13.2. The number of hydrogen-bond donors (Lipinski definition) is 2. The fourth-order valence-electron chi connectivity index (χ4n) is 2.20. The van der Waals surface area contributed by atoms with Crippen molar-refractivity contribution in [3.63, 3.8) is 0 Å². The van der Waals surface area contributed by atoms with E-state index in [9.17, 15) is 0 Å². The van der Waals surface area contributed by atoms with E-state index in [4.69, 9.17) is 5.73 Å². The minimum absolute atomic E-state index is 0.0494. The van der Waals surface area contributed by atoms with E-state index in [0.717, 1.165) is 11.3 Å². The number of nitrogens with one attached hydrogen (secondary N) is 1. The Labute approximate surface area is 123 Å². The van der Waals surface area contributed by atoms with Gasteiger partial charge in [0.15, 0.2) is 0 Å². The predicted octanol–water partition coefficient (Wildman–Crippen LogP) is 2.16. The molecule has 21 heavy (non-hydrogen) atoms. The van der Waals surface area contributed by atoms with Gasteiger partial charge >= 0.3 is 0 Å². The van der Waals surface area contributed by atoms with Crippen LogP contribution in [-0.4, -0.2) is 26.5 Å². The van der Waals surface area contributed by atoms with Gasteiger partial charge in [-0.15, -0.1) is 0 Å². The third kappa shape index (κ3) is 2.98. The van der Waals surface area contributed by atoms with Gasteiger partial charge in [-0.25, -0.2) is 9.97 Å². The number of anilines is 1. The number of hydrogen-bond acceptors (Lipinski definition) is 5. The Morgan fingerprint density at radius 2 is 2.14 bits per heavy atom. The highest BCUT2D eigenvalue weighted by atomic mass is 15.1. The van der Waals surface area contributed by atoms with Gasteiger partial charge in [-0.3, -0.25) is 4.98 Å². The van der Waals surface area contributed by atoms with E-state index < -0.39 is 5.54 Å². The maximum Gasteiger partial charge on any atom is 0.223 e. The zero-order valence-electron chi connectivity index (χ0n) is 11.8. The Bertz CT molecular complexity index is 676. The summed E-state index contributed by atoms with van der Waals surface area (Å²) in [6.45, 7) is 1.97. The Balaban J connectivity index is 1.84. The Kier molecular flexibility index (Phi) is 3.50. The molecule has 106 valence electrons. The molecule has 0 fully saturated rings. The molecule has 0 aliphatic heterocycles. The molecule has 0 saturated carbocycles. The second-order valence-corrected chi connectivity index (χ2v) is 5.24. The molecule has 2 heterocycles. The van der Waals surface area contributed by atoms with Gasteiger partial charge < -0.3 is 11.1 Å². The molecule has 0 saturated heterocycles. The summed E-state index contributed by atoms with van der Waals surface area (Å²) in [5.41, 5.74) is 7.57. The lowest BCUT2D eigenvalue weighted by Gasteiger charge is -2.31. The van der Waals surface area contributed by atoms with Gasteiger partial charge in [0, 0.05) is 24.2 Å². The molecule has 0 spiro atoms. The number of nitrogens with zero attached hydrogens (tertiary/aromatic N) is 3. The number of nitrogens with two attached hydrogens (primary N) is 1. The molecule has 2 atom stereocenters. The first-order valence-electron chi connectivity index (χ1n) is 6.80. The van der Waals surface area contributed by atoms with E-state index in [-0.39, 0.29) is 6.04 Å². The number of pyridine rings is 1. The van der Waals surface area contributed by atoms with Crippen molar-refractivity contribution in [3.8, 4) is 11.3 Å². The molecule has 0 amide bonds. The molecule has 0 bridgehead atoms. The molecule has 2 unspecified atom stereocenters. The average molecular weight is 279 g/mol. The number of aromatic nitrogens is 3. The van der Waals surface area contributed by atoms with Gasteiger partial charge in [0.2, 0.25) is 5.95 Å². The summed E-state index contributed by atoms with van der Waals surface area (Å²) < 4.78 is 0. The molecule has 2 aromatic rings. The first kappa shape index (κ1) is 13.5. The largest absolute Gasteiger partial charge is 0.346 e. The molecular formula is C16H17N5. The van der Waals surface area contributed by atoms with Gasteiger partial charge in [0.05, 0.1) is 17.3 Å². The highest BCUT2D eigenvalue weighted by Crippen LogP contribution is 2.20. The van der Waals surface area contributed by atoms with Gasteiger partial charge in [-0.05, 0) is 25.1 Å². The quantitative estimate of drug-likeness (QED) is 0.900. The fraction of sp³-hybridized carbons (Fsp3) is 0.188. The lowest BCUT2D eigenvalue weighted by molar-refractivity contribution is 0.536. The monoisotopic (exact) mass is 279 g/mol. The van der Waals surface area contributed by atoms with Crippen molar-refractivity contribution in [2.45, 2.75) is 18.5 Å². The second kappa shape index (κ2) is 5.46. The van der Waals surface area contributed by atoms with Crippen molar-refractivity contribution in [1.82, 2.24) is 15.0 Å². The fourth-order valence-corrected chi connectivity index (χ4v) is 2.20. The zero-order valence-corrected chi connectivity index (χ0v) is 11.8. The van der Waals surface area contributed by atoms with Crippen LogP contribution >= 0.6 is 0 Å². The molecule has 5 heteroatoms. The summed E-state index contributed by atoms with van der Waals surface area (Å²) in [7, 11) is 0. The molecule has 1 aliphatic rings. The molecule has 5 nitrogen and oxygen atoms in total.